The summed E-state index contributed by atoms with van der Waals surface area (Å²) in [6.45, 7) is -0.143. The van der Waals surface area contributed by atoms with E-state index in [2.05, 4.69) is 14.4 Å². The number of hydrogen-bond acceptors (Lipinski definition) is 5. The lowest BCUT2D eigenvalue weighted by atomic mass is 10.5. The van der Waals surface area contributed by atoms with Crippen molar-refractivity contribution in [3.8, 4) is 0 Å². The van der Waals surface area contributed by atoms with Gasteiger partial charge in [0.05, 0.1) is 11.2 Å². The number of rotatable bonds is 6. The highest BCUT2D eigenvalue weighted by Crippen LogP contribution is 2.02. The van der Waals surface area contributed by atoms with Crippen molar-refractivity contribution in [3.63, 3.8) is 0 Å². The third-order valence-corrected chi connectivity index (χ3v) is 4.03. The van der Waals surface area contributed by atoms with Gasteiger partial charge in [-0.25, -0.2) is 26.3 Å². The quantitative estimate of drug-likeness (QED) is 0.534. The van der Waals surface area contributed by atoms with Crippen molar-refractivity contribution < 1.29 is 16.8 Å². The van der Waals surface area contributed by atoms with Gasteiger partial charge in [0.25, 0.3) is 0 Å². The molecule has 0 fully saturated rings. The molecule has 102 valence electrons. The maximum Gasteiger partial charge on any atom is 0.247 e. The number of nitrogens with one attached hydrogen (secondary N) is 3. The molecular formula is C8H13N3O5S2. The third-order valence-electron chi connectivity index (χ3n) is 1.85. The van der Waals surface area contributed by atoms with E-state index in [4.69, 9.17) is 0 Å². The molecule has 8 nitrogen and oxygen atoms in total. The predicted octanol–water partition coefficient (Wildman–Crippen LogP) is -1.80. The number of pyridine rings is 1. The lowest BCUT2D eigenvalue weighted by Crippen LogP contribution is -2.34. The zero-order chi connectivity index (χ0) is 13.8. The lowest BCUT2D eigenvalue weighted by Gasteiger charge is -2.06. The Kier molecular flexibility index (Phi) is 4.62. The van der Waals surface area contributed by atoms with Crippen molar-refractivity contribution >= 4 is 20.0 Å². The van der Waals surface area contributed by atoms with Crippen LogP contribution in [0.5, 0.6) is 0 Å². The standard InChI is InChI=1S/C8H13N3O5S2/c1-17(13,14)10-4-5-11-18(15,16)7-2-3-8(12)9-6-7/h2-3,6,10-11H,4-5H2,1H3,(H,9,12). The number of sulfonamides is 2. The molecule has 0 aliphatic rings. The Balaban J connectivity index is 2.61. The van der Waals surface area contributed by atoms with Gasteiger partial charge in [0.2, 0.25) is 25.6 Å². The zero-order valence-electron chi connectivity index (χ0n) is 9.50. The Bertz CT molecular complexity index is 642. The van der Waals surface area contributed by atoms with Crippen molar-refractivity contribution in [1.29, 1.82) is 0 Å². The maximum absolute atomic E-state index is 11.7. The molecule has 0 amide bonds. The normalized spacial score (nSPS) is 12.5. The second kappa shape index (κ2) is 5.61. The average Bonchev–Trinajstić information content (AvgIpc) is 2.24. The van der Waals surface area contributed by atoms with Gasteiger partial charge < -0.3 is 4.98 Å². The second-order valence-electron chi connectivity index (χ2n) is 3.45. The molecule has 0 radical (unpaired) electrons. The van der Waals surface area contributed by atoms with E-state index in [0.29, 0.717) is 0 Å². The minimum atomic E-state index is -3.75. The molecule has 0 bridgehead atoms. The smallest absolute Gasteiger partial charge is 0.247 e. The van der Waals surface area contributed by atoms with Crippen LogP contribution in [0.2, 0.25) is 0 Å². The van der Waals surface area contributed by atoms with Crippen molar-refractivity contribution in [2.75, 3.05) is 19.3 Å². The van der Waals surface area contributed by atoms with Gasteiger partial charge in [-0.2, -0.15) is 0 Å². The minimum absolute atomic E-state index is 0.0542. The van der Waals surface area contributed by atoms with E-state index in [9.17, 15) is 21.6 Å². The van der Waals surface area contributed by atoms with Gasteiger partial charge in [0.1, 0.15) is 0 Å². The highest BCUT2D eigenvalue weighted by molar-refractivity contribution is 7.89. The van der Waals surface area contributed by atoms with Crippen LogP contribution >= 0.6 is 0 Å². The molecule has 0 atom stereocenters. The lowest BCUT2D eigenvalue weighted by molar-refractivity contribution is 0.573. The van der Waals surface area contributed by atoms with Crippen LogP contribution in [0.15, 0.2) is 28.0 Å². The van der Waals surface area contributed by atoms with E-state index < -0.39 is 25.6 Å². The van der Waals surface area contributed by atoms with Crippen LogP contribution in [0.3, 0.4) is 0 Å². The van der Waals surface area contributed by atoms with Crippen LogP contribution in [-0.4, -0.2) is 41.2 Å². The van der Waals surface area contributed by atoms with Gasteiger partial charge in [-0.3, -0.25) is 4.79 Å². The Morgan fingerprint density at radius 1 is 1.11 bits per heavy atom. The summed E-state index contributed by atoms with van der Waals surface area (Å²) < 4.78 is 49.1. The Hall–Kier alpha value is -1.23. The molecule has 18 heavy (non-hydrogen) atoms. The van der Waals surface area contributed by atoms with Gasteiger partial charge in [-0.05, 0) is 6.07 Å². The van der Waals surface area contributed by atoms with Gasteiger partial charge in [-0.1, -0.05) is 0 Å². The molecule has 0 saturated carbocycles. The summed E-state index contributed by atoms with van der Waals surface area (Å²) in [6, 6.07) is 2.24. The molecule has 1 aromatic rings. The van der Waals surface area contributed by atoms with Crippen molar-refractivity contribution in [1.82, 2.24) is 14.4 Å². The SMILES string of the molecule is CS(=O)(=O)NCCNS(=O)(=O)c1ccc(=O)[nH]c1. The predicted molar refractivity (Wildman–Crippen MR) is 65.1 cm³/mol. The first-order valence-corrected chi connectivity index (χ1v) is 8.21. The molecule has 0 saturated heterocycles. The molecular weight excluding hydrogens is 282 g/mol. The van der Waals surface area contributed by atoms with E-state index in [1.54, 1.807) is 0 Å². The van der Waals surface area contributed by atoms with Crippen LogP contribution < -0.4 is 15.0 Å². The van der Waals surface area contributed by atoms with Crippen LogP contribution in [0, 0.1) is 0 Å². The fraction of sp³-hybridized carbons (Fsp3) is 0.375. The number of aromatic amines is 1. The summed E-state index contributed by atoms with van der Waals surface area (Å²) >= 11 is 0. The zero-order valence-corrected chi connectivity index (χ0v) is 11.1. The van der Waals surface area contributed by atoms with Crippen LogP contribution in [0.1, 0.15) is 0 Å². The van der Waals surface area contributed by atoms with Crippen LogP contribution in [-0.2, 0) is 20.0 Å². The van der Waals surface area contributed by atoms with Gasteiger partial charge >= 0.3 is 0 Å². The van der Waals surface area contributed by atoms with Gasteiger partial charge in [0.15, 0.2) is 0 Å². The van der Waals surface area contributed by atoms with Crippen molar-refractivity contribution in [2.45, 2.75) is 4.90 Å². The van der Waals surface area contributed by atoms with Gasteiger partial charge in [0, 0.05) is 25.4 Å². The molecule has 0 spiro atoms. The van der Waals surface area contributed by atoms with Gasteiger partial charge in [-0.15, -0.1) is 0 Å². The van der Waals surface area contributed by atoms with Crippen LogP contribution in [0.25, 0.3) is 0 Å². The largest absolute Gasteiger partial charge is 0.328 e. The molecule has 10 heteroatoms. The summed E-state index contributed by atoms with van der Waals surface area (Å²) in [4.78, 5) is 12.9. The molecule has 0 aliphatic carbocycles. The number of aromatic nitrogens is 1. The summed E-state index contributed by atoms with van der Waals surface area (Å²) in [5.74, 6) is 0. The molecule has 1 rings (SSSR count). The topological polar surface area (TPSA) is 125 Å². The number of H-pyrrole nitrogens is 1. The highest BCUT2D eigenvalue weighted by atomic mass is 32.2. The van der Waals surface area contributed by atoms with E-state index in [0.717, 1.165) is 24.6 Å². The fourth-order valence-corrected chi connectivity index (χ4v) is 2.54. The monoisotopic (exact) mass is 295 g/mol. The molecule has 1 aromatic heterocycles. The summed E-state index contributed by atoms with van der Waals surface area (Å²) in [6.07, 6.45) is 2.04. The average molecular weight is 295 g/mol. The highest BCUT2D eigenvalue weighted by Gasteiger charge is 2.13. The van der Waals surface area contributed by atoms with Crippen LogP contribution in [0.4, 0.5) is 0 Å². The molecule has 1 heterocycles. The first-order valence-electron chi connectivity index (χ1n) is 4.84. The second-order valence-corrected chi connectivity index (χ2v) is 7.05. The van der Waals surface area contributed by atoms with Crippen molar-refractivity contribution in [3.05, 3.63) is 28.7 Å². The Morgan fingerprint density at radius 3 is 2.22 bits per heavy atom. The summed E-state index contributed by atoms with van der Waals surface area (Å²) in [7, 11) is -7.09. The van der Waals surface area contributed by atoms with E-state index in [-0.39, 0.29) is 18.0 Å². The Morgan fingerprint density at radius 2 is 1.72 bits per heavy atom. The summed E-state index contributed by atoms with van der Waals surface area (Å²) in [5.41, 5.74) is -0.410. The molecule has 3 N–H and O–H groups in total. The maximum atomic E-state index is 11.7. The van der Waals surface area contributed by atoms with Crippen molar-refractivity contribution in [2.24, 2.45) is 0 Å². The molecule has 0 aliphatic heterocycles. The minimum Gasteiger partial charge on any atom is -0.328 e. The first-order chi connectivity index (χ1) is 8.21. The van der Waals surface area contributed by atoms with E-state index >= 15 is 0 Å². The molecule has 0 unspecified atom stereocenters. The van der Waals surface area contributed by atoms with E-state index in [1.165, 1.54) is 0 Å². The third kappa shape index (κ3) is 4.96. The first kappa shape index (κ1) is 14.8. The number of hydrogen-bond donors (Lipinski definition) is 3. The van der Waals surface area contributed by atoms with E-state index in [1.807, 2.05) is 0 Å². The molecule has 0 aromatic carbocycles. The fourth-order valence-electron chi connectivity index (χ4n) is 1.07. The Labute approximate surface area is 105 Å². The summed E-state index contributed by atoms with van der Waals surface area (Å²) in [5, 5.41) is 0.